The van der Waals surface area contributed by atoms with E-state index in [0.717, 1.165) is 22.9 Å². The Balaban J connectivity index is 1.79. The molecule has 7 heteroatoms. The maximum Gasteiger partial charge on any atom is 0.272 e. The quantitative estimate of drug-likeness (QED) is 0.615. The van der Waals surface area contributed by atoms with Crippen LogP contribution in [0.25, 0.3) is 0 Å². The molecule has 23 heavy (non-hydrogen) atoms. The molecule has 0 atom stereocenters. The summed E-state index contributed by atoms with van der Waals surface area (Å²) in [6.07, 6.45) is 0.477. The molecule has 0 aromatic heterocycles. The standard InChI is InChI=1S/C16H14FNO4S/c17-14-10-12(18(19)20)5-6-15(14)23-13-4-1-3-11(9-13)16-21-7-2-8-22-16/h1,3-6,9-10,16H,2,7-8H2. The molecule has 1 heterocycles. The van der Waals surface area contributed by atoms with E-state index < -0.39 is 17.0 Å². The second-order valence-corrected chi connectivity index (χ2v) is 6.09. The number of halogens is 1. The molecule has 0 N–H and O–H groups in total. The predicted octanol–water partition coefficient (Wildman–Crippen LogP) is 4.32. The van der Waals surface area contributed by atoms with Gasteiger partial charge in [0, 0.05) is 21.4 Å². The number of benzene rings is 2. The number of rotatable bonds is 4. The second-order valence-electron chi connectivity index (χ2n) is 4.97. The number of hydrogen-bond donors (Lipinski definition) is 0. The first-order valence-electron chi connectivity index (χ1n) is 7.08. The van der Waals surface area contributed by atoms with Crippen LogP contribution in [0.15, 0.2) is 52.3 Å². The summed E-state index contributed by atoms with van der Waals surface area (Å²) in [5.74, 6) is -0.611. The lowest BCUT2D eigenvalue weighted by atomic mass is 10.2. The van der Waals surface area contributed by atoms with Crippen LogP contribution in [0.3, 0.4) is 0 Å². The Labute approximate surface area is 136 Å². The zero-order valence-electron chi connectivity index (χ0n) is 12.1. The van der Waals surface area contributed by atoms with Gasteiger partial charge in [-0.25, -0.2) is 4.39 Å². The third-order valence-electron chi connectivity index (χ3n) is 3.31. The molecule has 0 amide bonds. The van der Waals surface area contributed by atoms with Crippen LogP contribution in [-0.2, 0) is 9.47 Å². The van der Waals surface area contributed by atoms with Crippen LogP contribution in [0, 0.1) is 15.9 Å². The summed E-state index contributed by atoms with van der Waals surface area (Å²) >= 11 is 1.20. The van der Waals surface area contributed by atoms with E-state index in [0.29, 0.717) is 18.1 Å². The maximum absolute atomic E-state index is 14.0. The smallest absolute Gasteiger partial charge is 0.272 e. The highest BCUT2D eigenvalue weighted by Crippen LogP contribution is 2.33. The topological polar surface area (TPSA) is 61.6 Å². The number of hydrogen-bond acceptors (Lipinski definition) is 5. The van der Waals surface area contributed by atoms with E-state index in [1.165, 1.54) is 23.9 Å². The summed E-state index contributed by atoms with van der Waals surface area (Å²) in [6.45, 7) is 1.30. The first kappa shape index (κ1) is 15.9. The number of nitro benzene ring substituents is 1. The van der Waals surface area contributed by atoms with E-state index in [1.54, 1.807) is 0 Å². The fraction of sp³-hybridized carbons (Fsp3) is 0.250. The molecular weight excluding hydrogens is 321 g/mol. The minimum atomic E-state index is -0.615. The third-order valence-corrected chi connectivity index (χ3v) is 4.35. The summed E-state index contributed by atoms with van der Waals surface area (Å²) in [6, 6.07) is 11.1. The van der Waals surface area contributed by atoms with Crippen LogP contribution in [0.2, 0.25) is 0 Å². The molecule has 0 spiro atoms. The van der Waals surface area contributed by atoms with Crippen molar-refractivity contribution in [2.75, 3.05) is 13.2 Å². The highest BCUT2D eigenvalue weighted by atomic mass is 32.2. The van der Waals surface area contributed by atoms with Crippen LogP contribution < -0.4 is 0 Å². The van der Waals surface area contributed by atoms with Gasteiger partial charge >= 0.3 is 0 Å². The van der Waals surface area contributed by atoms with Gasteiger partial charge in [-0.3, -0.25) is 10.1 Å². The van der Waals surface area contributed by atoms with Crippen LogP contribution in [-0.4, -0.2) is 18.1 Å². The number of ether oxygens (including phenoxy) is 2. The average Bonchev–Trinajstić information content (AvgIpc) is 2.57. The van der Waals surface area contributed by atoms with Crippen molar-refractivity contribution in [1.82, 2.24) is 0 Å². The molecule has 1 fully saturated rings. The molecule has 1 aliphatic rings. The highest BCUT2D eigenvalue weighted by molar-refractivity contribution is 7.99. The summed E-state index contributed by atoms with van der Waals surface area (Å²) in [4.78, 5) is 11.2. The van der Waals surface area contributed by atoms with Crippen molar-refractivity contribution in [3.05, 3.63) is 64.0 Å². The Kier molecular flexibility index (Phi) is 4.90. The van der Waals surface area contributed by atoms with Gasteiger partial charge in [0.25, 0.3) is 5.69 Å². The van der Waals surface area contributed by atoms with Gasteiger partial charge in [0.15, 0.2) is 6.29 Å². The summed E-state index contributed by atoms with van der Waals surface area (Å²) < 4.78 is 25.1. The van der Waals surface area contributed by atoms with Gasteiger partial charge < -0.3 is 9.47 Å². The third kappa shape index (κ3) is 3.87. The van der Waals surface area contributed by atoms with Crippen molar-refractivity contribution in [3.63, 3.8) is 0 Å². The molecule has 2 aromatic rings. The molecule has 0 unspecified atom stereocenters. The van der Waals surface area contributed by atoms with Gasteiger partial charge in [-0.1, -0.05) is 23.9 Å². The maximum atomic E-state index is 14.0. The fourth-order valence-electron chi connectivity index (χ4n) is 2.22. The predicted molar refractivity (Wildman–Crippen MR) is 82.9 cm³/mol. The van der Waals surface area contributed by atoms with E-state index in [1.807, 2.05) is 24.3 Å². The minimum Gasteiger partial charge on any atom is -0.348 e. The lowest BCUT2D eigenvalue weighted by Gasteiger charge is -2.23. The monoisotopic (exact) mass is 335 g/mol. The summed E-state index contributed by atoms with van der Waals surface area (Å²) in [5, 5.41) is 10.6. The van der Waals surface area contributed by atoms with Crippen LogP contribution in [0.5, 0.6) is 0 Å². The van der Waals surface area contributed by atoms with Crippen LogP contribution in [0.1, 0.15) is 18.3 Å². The molecule has 1 aliphatic heterocycles. The Morgan fingerprint density at radius 1 is 1.17 bits per heavy atom. The van der Waals surface area contributed by atoms with E-state index in [-0.39, 0.29) is 5.69 Å². The lowest BCUT2D eigenvalue weighted by Crippen LogP contribution is -2.17. The molecule has 2 aromatic carbocycles. The molecule has 3 rings (SSSR count). The van der Waals surface area contributed by atoms with Gasteiger partial charge in [0.05, 0.1) is 24.2 Å². The molecule has 0 saturated carbocycles. The van der Waals surface area contributed by atoms with Gasteiger partial charge in [0.2, 0.25) is 0 Å². The van der Waals surface area contributed by atoms with E-state index >= 15 is 0 Å². The average molecular weight is 335 g/mol. The van der Waals surface area contributed by atoms with Crippen LogP contribution >= 0.6 is 11.8 Å². The Morgan fingerprint density at radius 2 is 1.96 bits per heavy atom. The van der Waals surface area contributed by atoms with Crippen molar-refractivity contribution >= 4 is 17.4 Å². The molecule has 120 valence electrons. The Morgan fingerprint density at radius 3 is 2.65 bits per heavy atom. The van der Waals surface area contributed by atoms with E-state index in [2.05, 4.69) is 0 Å². The van der Waals surface area contributed by atoms with Gasteiger partial charge in [-0.2, -0.15) is 0 Å². The SMILES string of the molecule is O=[N+]([O-])c1ccc(Sc2cccc(C3OCCCO3)c2)c(F)c1. The number of nitrogens with zero attached hydrogens (tertiary/aromatic N) is 1. The van der Waals surface area contributed by atoms with Crippen molar-refractivity contribution in [3.8, 4) is 0 Å². The van der Waals surface area contributed by atoms with E-state index in [9.17, 15) is 14.5 Å². The summed E-state index contributed by atoms with van der Waals surface area (Å²) in [5.41, 5.74) is 0.613. The second kappa shape index (κ2) is 7.08. The lowest BCUT2D eigenvalue weighted by molar-refractivity contribution is -0.385. The Bertz CT molecular complexity index is 719. The minimum absolute atomic E-state index is 0.260. The molecular formula is C16H14FNO4S. The number of non-ortho nitro benzene ring substituents is 1. The van der Waals surface area contributed by atoms with Crippen molar-refractivity contribution in [2.24, 2.45) is 0 Å². The molecule has 0 aliphatic carbocycles. The van der Waals surface area contributed by atoms with Crippen molar-refractivity contribution < 1.29 is 18.8 Å². The Hall–Kier alpha value is -1.96. The van der Waals surface area contributed by atoms with Crippen molar-refractivity contribution in [1.29, 1.82) is 0 Å². The van der Waals surface area contributed by atoms with E-state index in [4.69, 9.17) is 9.47 Å². The van der Waals surface area contributed by atoms with Gasteiger partial charge in [-0.05, 0) is 24.6 Å². The highest BCUT2D eigenvalue weighted by Gasteiger charge is 2.17. The molecule has 1 saturated heterocycles. The normalized spacial score (nSPS) is 15.5. The first-order valence-corrected chi connectivity index (χ1v) is 7.90. The molecule has 5 nitrogen and oxygen atoms in total. The summed E-state index contributed by atoms with van der Waals surface area (Å²) in [7, 11) is 0. The largest absolute Gasteiger partial charge is 0.348 e. The van der Waals surface area contributed by atoms with Crippen LogP contribution in [0.4, 0.5) is 10.1 Å². The number of nitro groups is 1. The zero-order valence-corrected chi connectivity index (χ0v) is 12.9. The molecule has 0 radical (unpaired) electrons. The van der Waals surface area contributed by atoms with Gasteiger partial charge in [0.1, 0.15) is 5.82 Å². The first-order chi connectivity index (χ1) is 11.1. The zero-order chi connectivity index (χ0) is 16.2. The van der Waals surface area contributed by atoms with Gasteiger partial charge in [-0.15, -0.1) is 0 Å². The van der Waals surface area contributed by atoms with Crippen molar-refractivity contribution in [2.45, 2.75) is 22.5 Å². The fourth-order valence-corrected chi connectivity index (χ4v) is 3.11. The molecule has 0 bridgehead atoms.